The Morgan fingerprint density at radius 3 is 2.32 bits per heavy atom. The fraction of sp³-hybridized carbons (Fsp3) is 0.833. The van der Waals surface area contributed by atoms with E-state index in [0.717, 1.165) is 54.8 Å². The third-order valence-electron chi connectivity index (χ3n) is 13.0. The van der Waals surface area contributed by atoms with E-state index in [9.17, 15) is 10.2 Å². The van der Waals surface area contributed by atoms with E-state index in [2.05, 4.69) is 58.9 Å². The molecule has 0 unspecified atom stereocenters. The summed E-state index contributed by atoms with van der Waals surface area (Å²) in [5.74, 6) is 6.02. The lowest BCUT2D eigenvalue weighted by atomic mass is 9.43. The first kappa shape index (κ1) is 28.7. The summed E-state index contributed by atoms with van der Waals surface area (Å²) in [4.78, 5) is 0. The minimum Gasteiger partial charge on any atom is -0.396 e. The van der Waals surface area contributed by atoms with Gasteiger partial charge in [-0.1, -0.05) is 78.1 Å². The minimum atomic E-state index is -0.588. The molecule has 2 N–H and O–H groups in total. The van der Waals surface area contributed by atoms with Crippen molar-refractivity contribution in [1.29, 1.82) is 0 Å². The third kappa shape index (κ3) is 5.27. The van der Waals surface area contributed by atoms with Crippen LogP contribution in [-0.4, -0.2) is 22.4 Å². The molecule has 0 bridgehead atoms. The Balaban J connectivity index is 1.26. The number of hydrogen-bond acceptors (Lipinski definition) is 2. The first-order chi connectivity index (χ1) is 18.1. The lowest BCUT2D eigenvalue weighted by Crippen LogP contribution is -2.56. The van der Waals surface area contributed by atoms with Gasteiger partial charge in [0.25, 0.3) is 0 Å². The molecule has 0 aromatic heterocycles. The highest BCUT2D eigenvalue weighted by Gasteiger charge is 2.61. The zero-order chi connectivity index (χ0) is 27.1. The van der Waals surface area contributed by atoms with Crippen LogP contribution < -0.4 is 0 Å². The fourth-order valence-electron chi connectivity index (χ4n) is 11.0. The second-order valence-corrected chi connectivity index (χ2v) is 15.5. The lowest BCUT2D eigenvalue weighted by molar-refractivity contribution is -0.152. The average Bonchev–Trinajstić information content (AvgIpc) is 3.23. The van der Waals surface area contributed by atoms with Gasteiger partial charge in [0, 0.05) is 13.0 Å². The normalized spacial score (nSPS) is 41.4. The zero-order valence-corrected chi connectivity index (χ0v) is 25.4. The van der Waals surface area contributed by atoms with Crippen molar-refractivity contribution in [3.8, 4) is 0 Å². The van der Waals surface area contributed by atoms with Crippen LogP contribution in [0.2, 0.25) is 0 Å². The van der Waals surface area contributed by atoms with Crippen LogP contribution in [0.15, 0.2) is 24.3 Å². The van der Waals surface area contributed by atoms with Crippen LogP contribution in [0.25, 0.3) is 0 Å². The summed E-state index contributed by atoms with van der Waals surface area (Å²) < 4.78 is 0. The molecule has 9 atom stereocenters. The van der Waals surface area contributed by atoms with Gasteiger partial charge in [0.05, 0.1) is 5.60 Å². The Bertz CT molecular complexity index is 939. The summed E-state index contributed by atoms with van der Waals surface area (Å²) in [5, 5.41) is 21.4. The van der Waals surface area contributed by atoms with Crippen molar-refractivity contribution in [2.24, 2.45) is 52.3 Å². The predicted octanol–water partition coefficient (Wildman–Crippen LogP) is 8.62. The predicted molar refractivity (Wildman–Crippen MR) is 159 cm³/mol. The summed E-state index contributed by atoms with van der Waals surface area (Å²) in [7, 11) is 0. The maximum Gasteiger partial charge on any atom is 0.0691 e. The Labute approximate surface area is 234 Å². The first-order valence-electron chi connectivity index (χ1n) is 16.5. The largest absolute Gasteiger partial charge is 0.396 e. The summed E-state index contributed by atoms with van der Waals surface area (Å²) in [6, 6.07) is 8.47. The van der Waals surface area contributed by atoms with Gasteiger partial charge in [-0.05, 0) is 128 Å². The third-order valence-corrected chi connectivity index (χ3v) is 13.0. The van der Waals surface area contributed by atoms with E-state index in [-0.39, 0.29) is 6.61 Å². The Kier molecular flexibility index (Phi) is 8.44. The van der Waals surface area contributed by atoms with Crippen LogP contribution in [0.3, 0.4) is 0 Å². The second kappa shape index (κ2) is 11.2. The summed E-state index contributed by atoms with van der Waals surface area (Å²) in [5.41, 5.74) is 2.83. The Morgan fingerprint density at radius 1 is 0.842 bits per heavy atom. The molecule has 0 heterocycles. The molecule has 5 rings (SSSR count). The van der Waals surface area contributed by atoms with Crippen molar-refractivity contribution in [3.63, 3.8) is 0 Å². The molecular formula is C36H58O2. The van der Waals surface area contributed by atoms with Crippen LogP contribution in [0.5, 0.6) is 0 Å². The van der Waals surface area contributed by atoms with Gasteiger partial charge in [0.15, 0.2) is 0 Å². The first-order valence-corrected chi connectivity index (χ1v) is 16.5. The van der Waals surface area contributed by atoms with E-state index < -0.39 is 5.60 Å². The molecule has 2 heteroatoms. The number of hydrogen-bond donors (Lipinski definition) is 2. The van der Waals surface area contributed by atoms with Gasteiger partial charge in [-0.15, -0.1) is 0 Å². The van der Waals surface area contributed by atoms with Gasteiger partial charge < -0.3 is 10.2 Å². The van der Waals surface area contributed by atoms with Crippen LogP contribution in [0, 0.1) is 52.3 Å². The highest BCUT2D eigenvalue weighted by molar-refractivity contribution is 5.29. The molecule has 4 aliphatic rings. The molecule has 214 valence electrons. The van der Waals surface area contributed by atoms with Gasteiger partial charge in [-0.25, -0.2) is 0 Å². The summed E-state index contributed by atoms with van der Waals surface area (Å²) in [6.45, 7) is 12.9. The van der Waals surface area contributed by atoms with Crippen molar-refractivity contribution in [1.82, 2.24) is 0 Å². The Hall–Kier alpha value is -0.860. The maximum absolute atomic E-state index is 11.9. The molecule has 0 aliphatic heterocycles. The van der Waals surface area contributed by atoms with Gasteiger partial charge in [0.2, 0.25) is 0 Å². The SMILES string of the molecule is CC(C)CCC[C@@H](C)[C@H]1CC[C@H]2[C@@H]3CC[C@H]4C[C@](O)(Cc5ccccc5CCO)CC[C@]4(C)[C@H]3CC[C@]12C. The van der Waals surface area contributed by atoms with Crippen LogP contribution >= 0.6 is 0 Å². The molecule has 0 amide bonds. The molecule has 4 aliphatic carbocycles. The lowest BCUT2D eigenvalue weighted by Gasteiger charge is -2.62. The smallest absolute Gasteiger partial charge is 0.0691 e. The van der Waals surface area contributed by atoms with Crippen LogP contribution in [-0.2, 0) is 12.8 Å². The number of rotatable bonds is 9. The molecule has 1 aromatic rings. The van der Waals surface area contributed by atoms with Crippen LogP contribution in [0.4, 0.5) is 0 Å². The highest BCUT2D eigenvalue weighted by atomic mass is 16.3. The number of aliphatic hydroxyl groups is 2. The number of aliphatic hydroxyl groups excluding tert-OH is 1. The number of benzene rings is 1. The van der Waals surface area contributed by atoms with E-state index in [4.69, 9.17) is 0 Å². The van der Waals surface area contributed by atoms with Gasteiger partial charge in [-0.2, -0.15) is 0 Å². The molecule has 0 radical (unpaired) electrons. The van der Waals surface area contributed by atoms with Gasteiger partial charge in [0.1, 0.15) is 0 Å². The average molecular weight is 523 g/mol. The standard InChI is InChI=1S/C36H58O2/c1-25(2)9-8-10-26(3)31-15-16-32-30-14-13-29-24-36(38,23-28-12-7-6-11-27(28)18-22-37)21-20-34(29,4)33(30)17-19-35(31,32)5/h6-7,11-12,25-26,29-33,37-38H,8-10,13-24H2,1-5H3/t26-,29+,30+,31-,32+,33+,34+,35-,36-/m1/s1. The minimum absolute atomic E-state index is 0.177. The molecule has 1 aromatic carbocycles. The summed E-state index contributed by atoms with van der Waals surface area (Å²) >= 11 is 0. The number of fused-ring (bicyclic) bond motifs is 5. The maximum atomic E-state index is 11.9. The van der Waals surface area contributed by atoms with Gasteiger partial charge in [-0.3, -0.25) is 0 Å². The topological polar surface area (TPSA) is 40.5 Å². The molecule has 0 spiro atoms. The van der Waals surface area contributed by atoms with E-state index in [1.165, 1.54) is 75.3 Å². The summed E-state index contributed by atoms with van der Waals surface area (Å²) in [6.07, 6.45) is 17.3. The van der Waals surface area contributed by atoms with Crippen molar-refractivity contribution in [2.75, 3.05) is 6.61 Å². The molecule has 38 heavy (non-hydrogen) atoms. The quantitative estimate of drug-likeness (QED) is 0.341. The van der Waals surface area contributed by atoms with Gasteiger partial charge >= 0.3 is 0 Å². The molecule has 4 saturated carbocycles. The Morgan fingerprint density at radius 2 is 1.58 bits per heavy atom. The molecule has 2 nitrogen and oxygen atoms in total. The van der Waals surface area contributed by atoms with Crippen molar-refractivity contribution >= 4 is 0 Å². The monoisotopic (exact) mass is 522 g/mol. The fourth-order valence-corrected chi connectivity index (χ4v) is 11.0. The van der Waals surface area contributed by atoms with Crippen LogP contribution in [0.1, 0.15) is 123 Å². The molecular weight excluding hydrogens is 464 g/mol. The second-order valence-electron chi connectivity index (χ2n) is 15.5. The van der Waals surface area contributed by atoms with Crippen molar-refractivity contribution in [3.05, 3.63) is 35.4 Å². The molecule has 4 fully saturated rings. The van der Waals surface area contributed by atoms with E-state index in [0.29, 0.717) is 23.2 Å². The van der Waals surface area contributed by atoms with E-state index in [1.807, 2.05) is 0 Å². The van der Waals surface area contributed by atoms with E-state index >= 15 is 0 Å². The highest BCUT2D eigenvalue weighted by Crippen LogP contribution is 2.69. The zero-order valence-electron chi connectivity index (χ0n) is 25.4. The van der Waals surface area contributed by atoms with Crippen molar-refractivity contribution in [2.45, 2.75) is 130 Å². The van der Waals surface area contributed by atoms with E-state index in [1.54, 1.807) is 0 Å². The molecule has 0 saturated heterocycles. The van der Waals surface area contributed by atoms with Crippen molar-refractivity contribution < 1.29 is 10.2 Å².